The third kappa shape index (κ3) is 3.01. The van der Waals surface area contributed by atoms with Crippen molar-refractivity contribution in [3.05, 3.63) is 50.8 Å². The van der Waals surface area contributed by atoms with Gasteiger partial charge in [-0.3, -0.25) is 9.48 Å². The lowest BCUT2D eigenvalue weighted by atomic mass is 10.1. The van der Waals surface area contributed by atoms with Crippen LogP contribution < -0.4 is 10.3 Å². The van der Waals surface area contributed by atoms with Crippen molar-refractivity contribution >= 4 is 5.78 Å². The molecule has 0 radical (unpaired) electrons. The molecule has 3 aromatic heterocycles. The third-order valence-electron chi connectivity index (χ3n) is 4.31. The Hall–Kier alpha value is -2.70. The van der Waals surface area contributed by atoms with Gasteiger partial charge in [0, 0.05) is 17.3 Å². The molecule has 0 aliphatic carbocycles. The minimum absolute atomic E-state index is 0.133. The number of aromatic nitrogens is 5. The molecule has 132 valence electrons. The van der Waals surface area contributed by atoms with Gasteiger partial charge in [-0.2, -0.15) is 9.50 Å². The molecule has 0 saturated heterocycles. The molecule has 25 heavy (non-hydrogen) atoms. The molecule has 7 nitrogen and oxygen atoms in total. The Bertz CT molecular complexity index is 1000. The summed E-state index contributed by atoms with van der Waals surface area (Å²) >= 11 is 0. The minimum atomic E-state index is -0.133. The lowest BCUT2D eigenvalue weighted by molar-refractivity contribution is 0.387. The second-order valence-electron chi connectivity index (χ2n) is 6.57. The van der Waals surface area contributed by atoms with Gasteiger partial charge in [0.25, 0.3) is 11.3 Å². The minimum Gasteiger partial charge on any atom is -0.481 e. The summed E-state index contributed by atoms with van der Waals surface area (Å²) < 4.78 is 8.77. The number of nitrogens with zero attached hydrogens (tertiary/aromatic N) is 5. The second-order valence-corrected chi connectivity index (χ2v) is 6.57. The quantitative estimate of drug-likeness (QED) is 0.728. The van der Waals surface area contributed by atoms with Crippen LogP contribution in [0.5, 0.6) is 5.88 Å². The molecule has 3 aromatic rings. The Morgan fingerprint density at radius 3 is 2.48 bits per heavy atom. The van der Waals surface area contributed by atoms with Crippen LogP contribution in [0.3, 0.4) is 0 Å². The Morgan fingerprint density at radius 2 is 1.84 bits per heavy atom. The molecule has 0 bridgehead atoms. The maximum atomic E-state index is 12.6. The largest absolute Gasteiger partial charge is 0.481 e. The van der Waals surface area contributed by atoms with Crippen molar-refractivity contribution in [2.75, 3.05) is 7.11 Å². The van der Waals surface area contributed by atoms with E-state index in [9.17, 15) is 4.79 Å². The molecule has 3 heterocycles. The van der Waals surface area contributed by atoms with Gasteiger partial charge in [-0.1, -0.05) is 13.8 Å². The Balaban J connectivity index is 2.18. The van der Waals surface area contributed by atoms with E-state index in [-0.39, 0.29) is 11.5 Å². The van der Waals surface area contributed by atoms with E-state index in [1.165, 1.54) is 4.52 Å². The molecule has 0 fully saturated rings. The monoisotopic (exact) mass is 341 g/mol. The predicted octanol–water partition coefficient (Wildman–Crippen LogP) is 2.39. The van der Waals surface area contributed by atoms with E-state index in [1.807, 2.05) is 45.4 Å². The first-order chi connectivity index (χ1) is 11.8. The van der Waals surface area contributed by atoms with Crippen molar-refractivity contribution in [2.45, 2.75) is 47.1 Å². The van der Waals surface area contributed by atoms with Gasteiger partial charge in [0.1, 0.15) is 5.82 Å². The molecule has 0 spiro atoms. The SMILES string of the molecule is COc1nc(C)cc(C)c1Cn1c(C)nc2nc(C(C)C)cc(=O)n21. The van der Waals surface area contributed by atoms with Gasteiger partial charge in [-0.05, 0) is 38.3 Å². The van der Waals surface area contributed by atoms with Crippen molar-refractivity contribution < 1.29 is 4.74 Å². The number of aryl methyl sites for hydroxylation is 3. The van der Waals surface area contributed by atoms with Gasteiger partial charge in [-0.15, -0.1) is 0 Å². The molecule has 0 N–H and O–H groups in total. The summed E-state index contributed by atoms with van der Waals surface area (Å²) in [5.41, 5.74) is 3.50. The molecule has 0 atom stereocenters. The van der Waals surface area contributed by atoms with E-state index < -0.39 is 0 Å². The molecule has 7 heteroatoms. The molecule has 3 rings (SSSR count). The fraction of sp³-hybridized carbons (Fsp3) is 0.444. The van der Waals surface area contributed by atoms with Gasteiger partial charge >= 0.3 is 0 Å². The van der Waals surface area contributed by atoms with E-state index in [4.69, 9.17) is 4.74 Å². The summed E-state index contributed by atoms with van der Waals surface area (Å²) in [6, 6.07) is 3.58. The Labute approximate surface area is 146 Å². The van der Waals surface area contributed by atoms with E-state index in [0.717, 1.165) is 22.5 Å². The van der Waals surface area contributed by atoms with Crippen molar-refractivity contribution in [1.82, 2.24) is 24.1 Å². The number of fused-ring (bicyclic) bond motifs is 1. The highest BCUT2D eigenvalue weighted by atomic mass is 16.5. The van der Waals surface area contributed by atoms with Crippen LogP contribution in [0.4, 0.5) is 0 Å². The van der Waals surface area contributed by atoms with Gasteiger partial charge in [-0.25, -0.2) is 9.97 Å². The van der Waals surface area contributed by atoms with Crippen molar-refractivity contribution in [2.24, 2.45) is 0 Å². The first kappa shape index (κ1) is 17.1. The lowest BCUT2D eigenvalue weighted by Crippen LogP contribution is -2.23. The van der Waals surface area contributed by atoms with Crippen molar-refractivity contribution in [3.63, 3.8) is 0 Å². The van der Waals surface area contributed by atoms with Gasteiger partial charge in [0.2, 0.25) is 5.88 Å². The van der Waals surface area contributed by atoms with Gasteiger partial charge in [0.15, 0.2) is 0 Å². The summed E-state index contributed by atoms with van der Waals surface area (Å²) in [7, 11) is 1.60. The average Bonchev–Trinajstić information content (AvgIpc) is 2.85. The maximum Gasteiger partial charge on any atom is 0.274 e. The first-order valence-corrected chi connectivity index (χ1v) is 8.30. The van der Waals surface area contributed by atoms with Crippen LogP contribution in [-0.4, -0.2) is 31.3 Å². The maximum absolute atomic E-state index is 12.6. The second kappa shape index (κ2) is 6.31. The first-order valence-electron chi connectivity index (χ1n) is 8.30. The number of rotatable bonds is 4. The highest BCUT2D eigenvalue weighted by Gasteiger charge is 2.17. The number of hydrogen-bond acceptors (Lipinski definition) is 5. The van der Waals surface area contributed by atoms with Crippen LogP contribution in [0, 0.1) is 20.8 Å². The van der Waals surface area contributed by atoms with Gasteiger partial charge in [0.05, 0.1) is 19.3 Å². The molecular formula is C18H23N5O2. The fourth-order valence-corrected chi connectivity index (χ4v) is 2.95. The topological polar surface area (TPSA) is 74.3 Å². The fourth-order valence-electron chi connectivity index (χ4n) is 2.95. The standard InChI is InChI=1S/C18H23N5O2/c1-10(2)15-8-16(24)23-18(21-15)20-13(5)22(23)9-14-11(3)7-12(4)19-17(14)25-6/h7-8,10H,9H2,1-6H3. The number of methoxy groups -OCH3 is 1. The molecular weight excluding hydrogens is 318 g/mol. The lowest BCUT2D eigenvalue weighted by Gasteiger charge is -2.14. The van der Waals surface area contributed by atoms with Crippen LogP contribution in [0.15, 0.2) is 16.9 Å². The van der Waals surface area contributed by atoms with Gasteiger partial charge < -0.3 is 4.74 Å². The number of ether oxygens (including phenoxy) is 1. The number of hydrogen-bond donors (Lipinski definition) is 0. The predicted molar refractivity (Wildman–Crippen MR) is 95.4 cm³/mol. The van der Waals surface area contributed by atoms with E-state index >= 15 is 0 Å². The van der Waals surface area contributed by atoms with E-state index in [1.54, 1.807) is 13.2 Å². The molecule has 0 aromatic carbocycles. The third-order valence-corrected chi connectivity index (χ3v) is 4.31. The van der Waals surface area contributed by atoms with Crippen molar-refractivity contribution in [1.29, 1.82) is 0 Å². The highest BCUT2D eigenvalue weighted by molar-refractivity contribution is 5.37. The van der Waals surface area contributed by atoms with Crippen LogP contribution in [0.25, 0.3) is 5.78 Å². The molecule has 0 amide bonds. The number of pyridine rings is 1. The summed E-state index contributed by atoms with van der Waals surface area (Å²) in [6.07, 6.45) is 0. The normalized spacial score (nSPS) is 11.5. The molecule has 0 aliphatic rings. The van der Waals surface area contributed by atoms with E-state index in [0.29, 0.717) is 24.0 Å². The Kier molecular flexibility index (Phi) is 4.32. The molecule has 0 saturated carbocycles. The zero-order valence-corrected chi connectivity index (χ0v) is 15.5. The van der Waals surface area contributed by atoms with Crippen LogP contribution >= 0.6 is 0 Å². The van der Waals surface area contributed by atoms with Crippen LogP contribution in [-0.2, 0) is 6.54 Å². The smallest absolute Gasteiger partial charge is 0.274 e. The molecule has 0 unspecified atom stereocenters. The summed E-state index contributed by atoms with van der Waals surface area (Å²) in [4.78, 5) is 26.1. The summed E-state index contributed by atoms with van der Waals surface area (Å²) in [5.74, 6) is 1.88. The van der Waals surface area contributed by atoms with E-state index in [2.05, 4.69) is 15.0 Å². The highest BCUT2D eigenvalue weighted by Crippen LogP contribution is 2.22. The van der Waals surface area contributed by atoms with Crippen LogP contribution in [0.1, 0.15) is 48.1 Å². The zero-order chi connectivity index (χ0) is 18.3. The van der Waals surface area contributed by atoms with Crippen molar-refractivity contribution in [3.8, 4) is 5.88 Å². The summed E-state index contributed by atoms with van der Waals surface area (Å²) in [6.45, 7) is 10.3. The summed E-state index contributed by atoms with van der Waals surface area (Å²) in [5, 5.41) is 0. The molecule has 0 aliphatic heterocycles. The van der Waals surface area contributed by atoms with Crippen LogP contribution in [0.2, 0.25) is 0 Å². The average molecular weight is 341 g/mol. The zero-order valence-electron chi connectivity index (χ0n) is 15.5. The Morgan fingerprint density at radius 1 is 1.12 bits per heavy atom.